The molecule has 1 atom stereocenters. The summed E-state index contributed by atoms with van der Waals surface area (Å²) in [6.45, 7) is 2.89. The first-order valence-corrected chi connectivity index (χ1v) is 11.6. The molecule has 0 saturated carbocycles. The van der Waals surface area contributed by atoms with Gasteiger partial charge in [0.15, 0.2) is 0 Å². The van der Waals surface area contributed by atoms with Crippen molar-refractivity contribution in [3.05, 3.63) is 53.2 Å². The molecule has 2 amide bonds. The highest BCUT2D eigenvalue weighted by Crippen LogP contribution is 2.25. The zero-order chi connectivity index (χ0) is 22.5. The first-order valence-electron chi connectivity index (χ1n) is 10.2. The SMILES string of the molecule is Cc1cccc(NC(=O)C2CCCN(C(=O)CSc3nnc(-c4ccc(Cl)cc4)o3)C2)n1. The Labute approximate surface area is 194 Å². The van der Waals surface area contributed by atoms with E-state index < -0.39 is 0 Å². The Balaban J connectivity index is 1.30. The van der Waals surface area contributed by atoms with E-state index in [4.69, 9.17) is 16.0 Å². The summed E-state index contributed by atoms with van der Waals surface area (Å²) in [7, 11) is 0. The fourth-order valence-corrected chi connectivity index (χ4v) is 4.24. The normalized spacial score (nSPS) is 16.1. The molecule has 0 radical (unpaired) electrons. The first-order chi connectivity index (χ1) is 15.5. The Morgan fingerprint density at radius 2 is 2.03 bits per heavy atom. The van der Waals surface area contributed by atoms with Crippen LogP contribution in [-0.2, 0) is 9.59 Å². The minimum atomic E-state index is -0.264. The van der Waals surface area contributed by atoms with E-state index in [-0.39, 0.29) is 23.5 Å². The fraction of sp³-hybridized carbons (Fsp3) is 0.318. The van der Waals surface area contributed by atoms with Crippen LogP contribution >= 0.6 is 23.4 Å². The Morgan fingerprint density at radius 3 is 2.81 bits per heavy atom. The molecule has 1 unspecified atom stereocenters. The molecule has 0 bridgehead atoms. The molecule has 166 valence electrons. The number of thioether (sulfide) groups is 1. The number of nitrogens with one attached hydrogen (secondary N) is 1. The average Bonchev–Trinajstić information content (AvgIpc) is 3.27. The van der Waals surface area contributed by atoms with Gasteiger partial charge in [0.05, 0.1) is 11.7 Å². The number of hydrogen-bond acceptors (Lipinski definition) is 7. The van der Waals surface area contributed by atoms with Crippen molar-refractivity contribution in [2.75, 3.05) is 24.2 Å². The van der Waals surface area contributed by atoms with Crippen LogP contribution < -0.4 is 5.32 Å². The summed E-state index contributed by atoms with van der Waals surface area (Å²) in [5.41, 5.74) is 1.59. The van der Waals surface area contributed by atoms with Crippen LogP contribution in [-0.4, -0.2) is 50.7 Å². The summed E-state index contributed by atoms with van der Waals surface area (Å²) >= 11 is 7.08. The molecule has 3 aromatic rings. The zero-order valence-electron chi connectivity index (χ0n) is 17.5. The summed E-state index contributed by atoms with van der Waals surface area (Å²) in [4.78, 5) is 31.4. The van der Waals surface area contributed by atoms with E-state index in [9.17, 15) is 9.59 Å². The number of benzene rings is 1. The highest BCUT2D eigenvalue weighted by molar-refractivity contribution is 7.99. The van der Waals surface area contributed by atoms with Gasteiger partial charge in [-0.1, -0.05) is 29.4 Å². The number of aryl methyl sites for hydroxylation is 1. The van der Waals surface area contributed by atoms with Gasteiger partial charge in [-0.05, 0) is 56.2 Å². The second-order valence-electron chi connectivity index (χ2n) is 7.50. The lowest BCUT2D eigenvalue weighted by Gasteiger charge is -2.31. The van der Waals surface area contributed by atoms with Gasteiger partial charge in [0.25, 0.3) is 5.22 Å². The van der Waals surface area contributed by atoms with Crippen LogP contribution in [0.1, 0.15) is 18.5 Å². The first kappa shape index (κ1) is 22.3. The maximum Gasteiger partial charge on any atom is 0.277 e. The van der Waals surface area contributed by atoms with E-state index >= 15 is 0 Å². The lowest BCUT2D eigenvalue weighted by atomic mass is 9.97. The molecular weight excluding hydrogens is 450 g/mol. The monoisotopic (exact) mass is 471 g/mol. The average molecular weight is 472 g/mol. The van der Waals surface area contributed by atoms with Gasteiger partial charge >= 0.3 is 0 Å². The van der Waals surface area contributed by atoms with E-state index in [1.807, 2.05) is 19.1 Å². The predicted molar refractivity (Wildman–Crippen MR) is 122 cm³/mol. The standard InChI is InChI=1S/C22H22ClN5O3S/c1-14-4-2-6-18(24-14)25-20(30)16-5-3-11-28(12-16)19(29)13-32-22-27-26-21(31-22)15-7-9-17(23)10-8-15/h2,4,6-10,16H,3,5,11-13H2,1H3,(H,24,25,30). The number of rotatable bonds is 6. The van der Waals surface area contributed by atoms with Crippen molar-refractivity contribution >= 4 is 41.0 Å². The molecule has 8 nitrogen and oxygen atoms in total. The molecule has 0 aliphatic carbocycles. The molecule has 10 heteroatoms. The van der Waals surface area contributed by atoms with E-state index in [0.29, 0.717) is 35.0 Å². The molecule has 1 aliphatic rings. The molecular formula is C22H22ClN5O3S. The fourth-order valence-electron chi connectivity index (χ4n) is 3.45. The quantitative estimate of drug-likeness (QED) is 0.541. The van der Waals surface area contributed by atoms with Gasteiger partial charge in [-0.2, -0.15) is 0 Å². The summed E-state index contributed by atoms with van der Waals surface area (Å²) in [5, 5.41) is 11.8. The van der Waals surface area contributed by atoms with Gasteiger partial charge in [0.1, 0.15) is 5.82 Å². The van der Waals surface area contributed by atoms with E-state index in [1.54, 1.807) is 35.2 Å². The summed E-state index contributed by atoms with van der Waals surface area (Å²) in [6, 6.07) is 12.6. The third kappa shape index (κ3) is 5.66. The molecule has 1 fully saturated rings. The third-order valence-electron chi connectivity index (χ3n) is 5.10. The summed E-state index contributed by atoms with van der Waals surface area (Å²) in [5.74, 6) is 0.624. The molecule has 4 rings (SSSR count). The lowest BCUT2D eigenvalue weighted by Crippen LogP contribution is -2.44. The van der Waals surface area contributed by atoms with Crippen LogP contribution in [0.4, 0.5) is 5.82 Å². The second kappa shape index (κ2) is 10.1. The molecule has 1 aliphatic heterocycles. The van der Waals surface area contributed by atoms with Crippen LogP contribution in [0.25, 0.3) is 11.5 Å². The third-order valence-corrected chi connectivity index (χ3v) is 6.16. The van der Waals surface area contributed by atoms with Crippen LogP contribution in [0.15, 0.2) is 52.1 Å². The van der Waals surface area contributed by atoms with E-state index in [2.05, 4.69) is 20.5 Å². The van der Waals surface area contributed by atoms with Gasteiger partial charge < -0.3 is 14.6 Å². The van der Waals surface area contributed by atoms with Crippen molar-refractivity contribution in [1.82, 2.24) is 20.1 Å². The number of amides is 2. The zero-order valence-corrected chi connectivity index (χ0v) is 19.0. The maximum absolute atomic E-state index is 12.7. The Hall–Kier alpha value is -2.91. The van der Waals surface area contributed by atoms with Crippen molar-refractivity contribution in [2.45, 2.75) is 25.0 Å². The number of pyridine rings is 1. The van der Waals surface area contributed by atoms with Crippen LogP contribution in [0.5, 0.6) is 0 Å². The summed E-state index contributed by atoms with van der Waals surface area (Å²) < 4.78 is 5.64. The number of likely N-dealkylation sites (tertiary alicyclic amines) is 1. The number of piperidine rings is 1. The minimum Gasteiger partial charge on any atom is -0.411 e. The Morgan fingerprint density at radius 1 is 1.22 bits per heavy atom. The van der Waals surface area contributed by atoms with Gasteiger partial charge in [0.2, 0.25) is 17.7 Å². The van der Waals surface area contributed by atoms with Crippen LogP contribution in [0.3, 0.4) is 0 Å². The van der Waals surface area contributed by atoms with Gasteiger partial charge in [0, 0.05) is 29.4 Å². The second-order valence-corrected chi connectivity index (χ2v) is 8.86. The number of carbonyl (C=O) groups excluding carboxylic acids is 2. The van der Waals surface area contributed by atoms with Gasteiger partial charge in [-0.25, -0.2) is 4.98 Å². The van der Waals surface area contributed by atoms with Crippen molar-refractivity contribution in [3.8, 4) is 11.5 Å². The smallest absolute Gasteiger partial charge is 0.277 e. The van der Waals surface area contributed by atoms with Crippen LogP contribution in [0.2, 0.25) is 5.02 Å². The minimum absolute atomic E-state index is 0.0626. The largest absolute Gasteiger partial charge is 0.411 e. The van der Waals surface area contributed by atoms with E-state index in [1.165, 1.54) is 11.8 Å². The Bertz CT molecular complexity index is 1100. The number of carbonyl (C=O) groups is 2. The summed E-state index contributed by atoms with van der Waals surface area (Å²) in [6.07, 6.45) is 1.51. The molecule has 32 heavy (non-hydrogen) atoms. The molecule has 1 saturated heterocycles. The van der Waals surface area contributed by atoms with Crippen molar-refractivity contribution in [2.24, 2.45) is 5.92 Å². The van der Waals surface area contributed by atoms with Gasteiger partial charge in [-0.3, -0.25) is 9.59 Å². The lowest BCUT2D eigenvalue weighted by molar-refractivity contribution is -0.132. The molecule has 3 heterocycles. The Kier molecular flexibility index (Phi) is 7.06. The maximum atomic E-state index is 12.7. The van der Waals surface area contributed by atoms with Crippen molar-refractivity contribution in [1.29, 1.82) is 0 Å². The molecule has 2 aromatic heterocycles. The topological polar surface area (TPSA) is 101 Å². The van der Waals surface area contributed by atoms with Crippen molar-refractivity contribution < 1.29 is 14.0 Å². The number of anilines is 1. The van der Waals surface area contributed by atoms with E-state index in [0.717, 1.165) is 24.1 Å². The van der Waals surface area contributed by atoms with Gasteiger partial charge in [-0.15, -0.1) is 10.2 Å². The molecule has 0 spiro atoms. The number of halogens is 1. The molecule has 1 aromatic carbocycles. The van der Waals surface area contributed by atoms with Crippen molar-refractivity contribution in [3.63, 3.8) is 0 Å². The highest BCUT2D eigenvalue weighted by atomic mass is 35.5. The molecule has 1 N–H and O–H groups in total. The predicted octanol–water partition coefficient (Wildman–Crippen LogP) is 4.06. The highest BCUT2D eigenvalue weighted by Gasteiger charge is 2.29. The number of nitrogens with zero attached hydrogens (tertiary/aromatic N) is 4. The number of aromatic nitrogens is 3. The van der Waals surface area contributed by atoms with Crippen LogP contribution in [0, 0.1) is 12.8 Å². The number of hydrogen-bond donors (Lipinski definition) is 1.